The van der Waals surface area contributed by atoms with Gasteiger partial charge < -0.3 is 4.90 Å². The largest absolute Gasteiger partial charge is 0.301 e. The molecule has 0 amide bonds. The standard InChI is InChI=1S/C13H29N/c1-6-9-13(5)10-8-11-14(7-2)12(3)4/h12-13H,6-11H2,1-5H3. The first-order valence-corrected chi connectivity index (χ1v) is 6.35. The van der Waals surface area contributed by atoms with E-state index in [9.17, 15) is 0 Å². The minimum Gasteiger partial charge on any atom is -0.301 e. The lowest BCUT2D eigenvalue weighted by Crippen LogP contribution is -2.31. The van der Waals surface area contributed by atoms with E-state index in [1.54, 1.807) is 0 Å². The van der Waals surface area contributed by atoms with E-state index in [1.807, 2.05) is 0 Å². The highest BCUT2D eigenvalue weighted by molar-refractivity contribution is 4.62. The van der Waals surface area contributed by atoms with Gasteiger partial charge in [0.25, 0.3) is 0 Å². The summed E-state index contributed by atoms with van der Waals surface area (Å²) >= 11 is 0. The van der Waals surface area contributed by atoms with Gasteiger partial charge in [0.15, 0.2) is 0 Å². The molecule has 0 aromatic rings. The quantitative estimate of drug-likeness (QED) is 0.572. The van der Waals surface area contributed by atoms with Gasteiger partial charge in [-0.15, -0.1) is 0 Å². The minimum atomic E-state index is 0.710. The molecule has 0 N–H and O–H groups in total. The molecule has 1 nitrogen and oxygen atoms in total. The molecule has 0 heterocycles. The molecule has 1 heteroatoms. The summed E-state index contributed by atoms with van der Waals surface area (Å²) in [5.41, 5.74) is 0. The van der Waals surface area contributed by atoms with Gasteiger partial charge >= 0.3 is 0 Å². The van der Waals surface area contributed by atoms with Crippen molar-refractivity contribution in [1.29, 1.82) is 0 Å². The molecule has 0 aliphatic rings. The SMILES string of the molecule is CCCC(C)CCCN(CC)C(C)C. The smallest absolute Gasteiger partial charge is 0.00384 e. The van der Waals surface area contributed by atoms with Crippen LogP contribution in [0.5, 0.6) is 0 Å². The second-order valence-corrected chi connectivity index (χ2v) is 4.76. The van der Waals surface area contributed by atoms with E-state index < -0.39 is 0 Å². The maximum atomic E-state index is 2.55. The van der Waals surface area contributed by atoms with Gasteiger partial charge in [0.05, 0.1) is 0 Å². The van der Waals surface area contributed by atoms with E-state index in [2.05, 4.69) is 39.5 Å². The Morgan fingerprint density at radius 1 is 1.00 bits per heavy atom. The van der Waals surface area contributed by atoms with Gasteiger partial charge in [0.2, 0.25) is 0 Å². The highest BCUT2D eigenvalue weighted by Gasteiger charge is 2.07. The van der Waals surface area contributed by atoms with Crippen LogP contribution in [0.1, 0.15) is 60.3 Å². The number of hydrogen-bond acceptors (Lipinski definition) is 1. The Balaban J connectivity index is 3.50. The van der Waals surface area contributed by atoms with E-state index in [-0.39, 0.29) is 0 Å². The lowest BCUT2D eigenvalue weighted by atomic mass is 10.00. The summed E-state index contributed by atoms with van der Waals surface area (Å²) in [7, 11) is 0. The molecule has 0 fully saturated rings. The van der Waals surface area contributed by atoms with E-state index in [4.69, 9.17) is 0 Å². The molecule has 0 aromatic heterocycles. The van der Waals surface area contributed by atoms with Crippen molar-refractivity contribution in [3.8, 4) is 0 Å². The third-order valence-electron chi connectivity index (χ3n) is 3.06. The Labute approximate surface area is 90.9 Å². The van der Waals surface area contributed by atoms with Gasteiger partial charge in [-0.3, -0.25) is 0 Å². The Morgan fingerprint density at radius 2 is 1.64 bits per heavy atom. The van der Waals surface area contributed by atoms with Crippen LogP contribution in [-0.4, -0.2) is 24.0 Å². The van der Waals surface area contributed by atoms with E-state index in [0.717, 1.165) is 5.92 Å². The zero-order chi connectivity index (χ0) is 11.0. The van der Waals surface area contributed by atoms with Crippen molar-refractivity contribution in [3.63, 3.8) is 0 Å². The topological polar surface area (TPSA) is 3.24 Å². The van der Waals surface area contributed by atoms with Crippen molar-refractivity contribution in [1.82, 2.24) is 4.90 Å². The molecule has 0 bridgehead atoms. The van der Waals surface area contributed by atoms with Crippen molar-refractivity contribution < 1.29 is 0 Å². The average Bonchev–Trinajstić information content (AvgIpc) is 2.12. The highest BCUT2D eigenvalue weighted by Crippen LogP contribution is 2.13. The summed E-state index contributed by atoms with van der Waals surface area (Å²) in [6, 6.07) is 0.710. The van der Waals surface area contributed by atoms with Gasteiger partial charge in [-0.2, -0.15) is 0 Å². The lowest BCUT2D eigenvalue weighted by molar-refractivity contribution is 0.223. The summed E-state index contributed by atoms with van der Waals surface area (Å²) in [5.74, 6) is 0.922. The fraction of sp³-hybridized carbons (Fsp3) is 1.00. The highest BCUT2D eigenvalue weighted by atomic mass is 15.1. The van der Waals surface area contributed by atoms with Crippen LogP contribution in [0.2, 0.25) is 0 Å². The van der Waals surface area contributed by atoms with E-state index >= 15 is 0 Å². The first-order chi connectivity index (χ1) is 6.61. The fourth-order valence-electron chi connectivity index (χ4n) is 2.06. The number of hydrogen-bond donors (Lipinski definition) is 0. The van der Waals surface area contributed by atoms with Gasteiger partial charge in [-0.25, -0.2) is 0 Å². The molecular formula is C13H29N. The predicted octanol–water partition coefficient (Wildman–Crippen LogP) is 3.93. The normalized spacial score (nSPS) is 13.9. The van der Waals surface area contributed by atoms with E-state index in [1.165, 1.54) is 38.8 Å². The molecule has 0 aliphatic carbocycles. The molecule has 0 radical (unpaired) electrons. The predicted molar refractivity (Wildman–Crippen MR) is 65.7 cm³/mol. The zero-order valence-electron chi connectivity index (χ0n) is 10.8. The maximum Gasteiger partial charge on any atom is 0.00384 e. The van der Waals surface area contributed by atoms with Crippen molar-refractivity contribution >= 4 is 0 Å². The van der Waals surface area contributed by atoms with Crippen LogP contribution < -0.4 is 0 Å². The molecule has 1 unspecified atom stereocenters. The Hall–Kier alpha value is -0.0400. The van der Waals surface area contributed by atoms with Crippen molar-refractivity contribution in [2.24, 2.45) is 5.92 Å². The molecule has 0 rings (SSSR count). The molecular weight excluding hydrogens is 170 g/mol. The Kier molecular flexibility index (Phi) is 8.26. The van der Waals surface area contributed by atoms with Crippen molar-refractivity contribution in [3.05, 3.63) is 0 Å². The second-order valence-electron chi connectivity index (χ2n) is 4.76. The van der Waals surface area contributed by atoms with Gasteiger partial charge in [-0.05, 0) is 45.7 Å². The fourth-order valence-corrected chi connectivity index (χ4v) is 2.06. The molecule has 0 saturated heterocycles. The third-order valence-corrected chi connectivity index (χ3v) is 3.06. The van der Waals surface area contributed by atoms with Crippen LogP contribution in [0.4, 0.5) is 0 Å². The first kappa shape index (κ1) is 14.0. The van der Waals surface area contributed by atoms with Gasteiger partial charge in [-0.1, -0.05) is 33.6 Å². The molecule has 0 aromatic carbocycles. The van der Waals surface area contributed by atoms with Crippen LogP contribution in [0.25, 0.3) is 0 Å². The van der Waals surface area contributed by atoms with Crippen LogP contribution in [0, 0.1) is 5.92 Å². The molecule has 0 aliphatic heterocycles. The maximum absolute atomic E-state index is 2.55. The van der Waals surface area contributed by atoms with Crippen LogP contribution in [0.15, 0.2) is 0 Å². The molecule has 1 atom stereocenters. The summed E-state index contributed by atoms with van der Waals surface area (Å²) in [6.45, 7) is 14.0. The summed E-state index contributed by atoms with van der Waals surface area (Å²) in [6.07, 6.45) is 5.50. The molecule has 14 heavy (non-hydrogen) atoms. The number of rotatable bonds is 8. The van der Waals surface area contributed by atoms with Crippen LogP contribution in [0.3, 0.4) is 0 Å². The Morgan fingerprint density at radius 3 is 2.07 bits per heavy atom. The third kappa shape index (κ3) is 6.42. The van der Waals surface area contributed by atoms with Crippen LogP contribution >= 0.6 is 0 Å². The number of nitrogens with zero attached hydrogens (tertiary/aromatic N) is 1. The van der Waals surface area contributed by atoms with Crippen molar-refractivity contribution in [2.75, 3.05) is 13.1 Å². The average molecular weight is 199 g/mol. The Bertz CT molecular complexity index is 120. The summed E-state index contributed by atoms with van der Waals surface area (Å²) in [4.78, 5) is 2.55. The lowest BCUT2D eigenvalue weighted by Gasteiger charge is -2.25. The minimum absolute atomic E-state index is 0.710. The van der Waals surface area contributed by atoms with Crippen LogP contribution in [-0.2, 0) is 0 Å². The molecule has 86 valence electrons. The summed E-state index contributed by atoms with van der Waals surface area (Å²) in [5, 5.41) is 0. The van der Waals surface area contributed by atoms with Gasteiger partial charge in [0.1, 0.15) is 0 Å². The van der Waals surface area contributed by atoms with Crippen molar-refractivity contribution in [2.45, 2.75) is 66.3 Å². The second kappa shape index (κ2) is 8.28. The molecule has 0 spiro atoms. The first-order valence-electron chi connectivity index (χ1n) is 6.35. The molecule has 0 saturated carbocycles. The van der Waals surface area contributed by atoms with Gasteiger partial charge in [0, 0.05) is 6.04 Å². The monoisotopic (exact) mass is 199 g/mol. The zero-order valence-corrected chi connectivity index (χ0v) is 10.8. The summed E-state index contributed by atoms with van der Waals surface area (Å²) < 4.78 is 0. The van der Waals surface area contributed by atoms with E-state index in [0.29, 0.717) is 6.04 Å².